The first-order valence-electron chi connectivity index (χ1n) is 10.2. The molecule has 0 bridgehead atoms. The SMILES string of the molecule is CCC(CC)Nc1c2c(nc3c(-c4cc(O)c(OC)cc4Cl)c(C)nn13)CCC2=O. The van der Waals surface area contributed by atoms with Crippen LogP contribution in [0.15, 0.2) is 12.1 Å². The number of halogens is 1. The molecule has 0 unspecified atom stereocenters. The van der Waals surface area contributed by atoms with Gasteiger partial charge in [-0.15, -0.1) is 0 Å². The molecule has 0 atom stereocenters. The molecule has 0 radical (unpaired) electrons. The highest BCUT2D eigenvalue weighted by molar-refractivity contribution is 6.33. The van der Waals surface area contributed by atoms with Crippen LogP contribution in [0.25, 0.3) is 16.8 Å². The van der Waals surface area contributed by atoms with Crippen LogP contribution in [0, 0.1) is 6.92 Å². The molecule has 2 N–H and O–H groups in total. The fourth-order valence-electron chi connectivity index (χ4n) is 4.06. The Hall–Kier alpha value is -2.80. The highest BCUT2D eigenvalue weighted by Crippen LogP contribution is 2.41. The maximum Gasteiger partial charge on any atom is 0.168 e. The van der Waals surface area contributed by atoms with Gasteiger partial charge in [-0.05, 0) is 32.3 Å². The maximum atomic E-state index is 12.6. The van der Waals surface area contributed by atoms with Crippen molar-refractivity contribution < 1.29 is 14.6 Å². The molecule has 8 heteroatoms. The second kappa shape index (κ2) is 7.80. The molecule has 3 aromatic rings. The summed E-state index contributed by atoms with van der Waals surface area (Å²) in [6.45, 7) is 6.10. The summed E-state index contributed by atoms with van der Waals surface area (Å²) in [6.07, 6.45) is 2.90. The topological polar surface area (TPSA) is 88.8 Å². The molecule has 7 nitrogen and oxygen atoms in total. The Morgan fingerprint density at radius 1 is 1.27 bits per heavy atom. The summed E-state index contributed by atoms with van der Waals surface area (Å²) >= 11 is 6.53. The average Bonchev–Trinajstić information content (AvgIpc) is 3.26. The number of ketones is 1. The Morgan fingerprint density at radius 3 is 2.67 bits per heavy atom. The van der Waals surface area contributed by atoms with Crippen molar-refractivity contribution in [3.05, 3.63) is 34.1 Å². The number of anilines is 1. The van der Waals surface area contributed by atoms with Crippen LogP contribution in [0.1, 0.15) is 54.9 Å². The number of hydrogen-bond donors (Lipinski definition) is 2. The number of phenolic OH excluding ortho intramolecular Hbond substituents is 1. The number of phenols is 1. The van der Waals surface area contributed by atoms with Gasteiger partial charge in [-0.1, -0.05) is 25.4 Å². The molecular weight excluding hydrogens is 404 g/mol. The molecule has 158 valence electrons. The molecule has 0 aliphatic heterocycles. The van der Waals surface area contributed by atoms with Gasteiger partial charge in [0.1, 0.15) is 5.82 Å². The van der Waals surface area contributed by atoms with E-state index in [1.54, 1.807) is 16.6 Å². The van der Waals surface area contributed by atoms with Gasteiger partial charge in [-0.3, -0.25) is 4.79 Å². The van der Waals surface area contributed by atoms with E-state index < -0.39 is 0 Å². The first-order valence-corrected chi connectivity index (χ1v) is 10.6. The normalized spacial score (nSPS) is 13.3. The quantitative estimate of drug-likeness (QED) is 0.586. The van der Waals surface area contributed by atoms with Crippen molar-refractivity contribution in [1.82, 2.24) is 14.6 Å². The van der Waals surface area contributed by atoms with Crippen LogP contribution >= 0.6 is 11.6 Å². The Labute approximate surface area is 180 Å². The summed E-state index contributed by atoms with van der Waals surface area (Å²) in [6, 6.07) is 3.36. The lowest BCUT2D eigenvalue weighted by atomic mass is 10.0. The van der Waals surface area contributed by atoms with E-state index in [-0.39, 0.29) is 17.6 Å². The molecule has 1 aliphatic rings. The van der Waals surface area contributed by atoms with Crippen LogP contribution in [0.5, 0.6) is 11.5 Å². The Balaban J connectivity index is 2.00. The maximum absolute atomic E-state index is 12.6. The van der Waals surface area contributed by atoms with Crippen molar-refractivity contribution in [1.29, 1.82) is 0 Å². The monoisotopic (exact) mass is 428 g/mol. The van der Waals surface area contributed by atoms with Gasteiger partial charge < -0.3 is 15.2 Å². The highest BCUT2D eigenvalue weighted by atomic mass is 35.5. The van der Waals surface area contributed by atoms with Crippen LogP contribution in [0.4, 0.5) is 5.82 Å². The van der Waals surface area contributed by atoms with E-state index in [4.69, 9.17) is 26.4 Å². The molecule has 1 aromatic carbocycles. The van der Waals surface area contributed by atoms with E-state index in [9.17, 15) is 9.90 Å². The molecule has 30 heavy (non-hydrogen) atoms. The van der Waals surface area contributed by atoms with Gasteiger partial charge in [0.05, 0.1) is 34.6 Å². The van der Waals surface area contributed by atoms with Crippen LogP contribution < -0.4 is 10.1 Å². The smallest absolute Gasteiger partial charge is 0.168 e. The molecular formula is C22H25ClN4O3. The summed E-state index contributed by atoms with van der Waals surface area (Å²) in [5.41, 5.74) is 4.07. The molecule has 2 heterocycles. The zero-order valence-electron chi connectivity index (χ0n) is 17.5. The number of aromatic nitrogens is 3. The number of aryl methyl sites for hydroxylation is 2. The predicted octanol–water partition coefficient (Wildman–Crippen LogP) is 4.80. The molecule has 0 fully saturated rings. The van der Waals surface area contributed by atoms with E-state index in [1.807, 2.05) is 6.92 Å². The number of hydrogen-bond acceptors (Lipinski definition) is 6. The largest absolute Gasteiger partial charge is 0.504 e. The molecule has 0 spiro atoms. The van der Waals surface area contributed by atoms with Crippen LogP contribution in [-0.2, 0) is 6.42 Å². The number of aromatic hydroxyl groups is 1. The van der Waals surface area contributed by atoms with Crippen molar-refractivity contribution in [3.63, 3.8) is 0 Å². The number of ether oxygens (including phenoxy) is 1. The van der Waals surface area contributed by atoms with Gasteiger partial charge in [0.2, 0.25) is 0 Å². The Bertz CT molecular complexity index is 1150. The number of methoxy groups -OCH3 is 1. The van der Waals surface area contributed by atoms with Crippen LogP contribution in [0.2, 0.25) is 5.02 Å². The zero-order valence-corrected chi connectivity index (χ0v) is 18.3. The third-order valence-corrected chi connectivity index (χ3v) is 6.06. The molecule has 0 saturated heterocycles. The Morgan fingerprint density at radius 2 is 2.00 bits per heavy atom. The molecule has 2 aromatic heterocycles. The zero-order chi connectivity index (χ0) is 21.6. The van der Waals surface area contributed by atoms with Gasteiger partial charge in [-0.2, -0.15) is 9.61 Å². The van der Waals surface area contributed by atoms with Gasteiger partial charge in [0.25, 0.3) is 0 Å². The molecule has 0 amide bonds. The van der Waals surface area contributed by atoms with Crippen LogP contribution in [0.3, 0.4) is 0 Å². The number of nitrogens with one attached hydrogen (secondary N) is 1. The Kier molecular flexibility index (Phi) is 5.32. The summed E-state index contributed by atoms with van der Waals surface area (Å²) in [5.74, 6) is 1.06. The van der Waals surface area contributed by atoms with Crippen molar-refractivity contribution in [2.45, 2.75) is 52.5 Å². The lowest BCUT2D eigenvalue weighted by Gasteiger charge is -2.19. The van der Waals surface area contributed by atoms with Crippen molar-refractivity contribution >= 4 is 28.8 Å². The summed E-state index contributed by atoms with van der Waals surface area (Å²) in [4.78, 5) is 17.4. The molecule has 1 aliphatic carbocycles. The fourth-order valence-corrected chi connectivity index (χ4v) is 4.31. The fraction of sp³-hybridized carbons (Fsp3) is 0.409. The number of benzene rings is 1. The lowest BCUT2D eigenvalue weighted by Crippen LogP contribution is -2.22. The van der Waals surface area contributed by atoms with Gasteiger partial charge in [-0.25, -0.2) is 4.98 Å². The molecule has 0 saturated carbocycles. The van der Waals surface area contributed by atoms with E-state index in [0.717, 1.165) is 24.1 Å². The van der Waals surface area contributed by atoms with Gasteiger partial charge in [0, 0.05) is 24.1 Å². The number of carbonyl (C=O) groups excluding carboxylic acids is 1. The van der Waals surface area contributed by atoms with Gasteiger partial charge in [0.15, 0.2) is 22.9 Å². The van der Waals surface area contributed by atoms with E-state index in [1.165, 1.54) is 7.11 Å². The van der Waals surface area contributed by atoms with Crippen molar-refractivity contribution in [2.24, 2.45) is 0 Å². The standard InChI is InChI=1S/C22H25ClN4O3/c1-5-12(6-2)24-22-20-15(7-8-16(20)28)25-21-19(11(3)26-27(21)22)13-9-17(29)18(30-4)10-14(13)23/h9-10,12,24,29H,5-8H2,1-4H3. The van der Waals surface area contributed by atoms with E-state index >= 15 is 0 Å². The van der Waals surface area contributed by atoms with E-state index in [2.05, 4.69) is 19.2 Å². The first kappa shape index (κ1) is 20.5. The number of rotatable bonds is 6. The van der Waals surface area contributed by atoms with Crippen LogP contribution in [-0.4, -0.2) is 38.6 Å². The number of carbonyl (C=O) groups is 1. The summed E-state index contributed by atoms with van der Waals surface area (Å²) < 4.78 is 6.87. The molecule has 4 rings (SSSR count). The van der Waals surface area contributed by atoms with Crippen molar-refractivity contribution in [3.8, 4) is 22.6 Å². The first-order chi connectivity index (χ1) is 14.4. The summed E-state index contributed by atoms with van der Waals surface area (Å²) in [5, 5.41) is 19.0. The van der Waals surface area contributed by atoms with Crippen molar-refractivity contribution in [2.75, 3.05) is 12.4 Å². The third-order valence-electron chi connectivity index (χ3n) is 5.75. The second-order valence-corrected chi connectivity index (χ2v) is 7.97. The second-order valence-electron chi connectivity index (χ2n) is 7.56. The average molecular weight is 429 g/mol. The number of Topliss-reactive ketones (excluding diaryl/α,β-unsaturated/α-hetero) is 1. The van der Waals surface area contributed by atoms with E-state index in [0.29, 0.717) is 51.9 Å². The number of fused-ring (bicyclic) bond motifs is 2. The minimum Gasteiger partial charge on any atom is -0.504 e. The van der Waals surface area contributed by atoms with Gasteiger partial charge >= 0.3 is 0 Å². The highest BCUT2D eigenvalue weighted by Gasteiger charge is 2.30. The number of nitrogens with zero attached hydrogens (tertiary/aromatic N) is 3. The minimum atomic E-state index is -0.0117. The minimum absolute atomic E-state index is 0.0117. The summed E-state index contributed by atoms with van der Waals surface area (Å²) in [7, 11) is 1.48. The lowest BCUT2D eigenvalue weighted by molar-refractivity contribution is 0.0995. The predicted molar refractivity (Wildman–Crippen MR) is 117 cm³/mol. The third kappa shape index (κ3) is 3.17.